The summed E-state index contributed by atoms with van der Waals surface area (Å²) in [7, 11) is 0. The van der Waals surface area contributed by atoms with Crippen LogP contribution in [0.1, 0.15) is 11.1 Å². The number of rotatable bonds is 5. The molecule has 5 heteroatoms. The normalized spacial score (nSPS) is 15.7. The molecule has 0 aromatic heterocycles. The second-order valence-electron chi connectivity index (χ2n) is 5.01. The van der Waals surface area contributed by atoms with Gasteiger partial charge in [-0.3, -0.25) is 14.9 Å². The van der Waals surface area contributed by atoms with Gasteiger partial charge in [0.15, 0.2) is 0 Å². The van der Waals surface area contributed by atoms with E-state index in [4.69, 9.17) is 4.74 Å². The molecule has 1 heterocycles. The zero-order valence-electron chi connectivity index (χ0n) is 12.3. The zero-order valence-corrected chi connectivity index (χ0v) is 13.1. The van der Waals surface area contributed by atoms with E-state index in [0.717, 1.165) is 29.5 Å². The molecule has 0 unspecified atom stereocenters. The second kappa shape index (κ2) is 7.15. The lowest BCUT2D eigenvalue weighted by atomic mass is 10.2. The third kappa shape index (κ3) is 4.23. The third-order valence-corrected chi connectivity index (χ3v) is 4.13. The minimum atomic E-state index is -0.344. The molecule has 1 saturated heterocycles. The van der Waals surface area contributed by atoms with Crippen LogP contribution in [-0.2, 0) is 11.2 Å². The summed E-state index contributed by atoms with van der Waals surface area (Å²) in [5.41, 5.74) is 2.09. The molecule has 0 aliphatic carbocycles. The largest absolute Gasteiger partial charge is 0.493 e. The van der Waals surface area contributed by atoms with E-state index in [-0.39, 0.29) is 11.1 Å². The van der Waals surface area contributed by atoms with Crippen molar-refractivity contribution in [3.8, 4) is 5.75 Å². The lowest BCUT2D eigenvalue weighted by Crippen LogP contribution is -2.17. The van der Waals surface area contributed by atoms with Gasteiger partial charge in [-0.15, -0.1) is 0 Å². The molecule has 0 radical (unpaired) electrons. The van der Waals surface area contributed by atoms with E-state index in [9.17, 15) is 9.59 Å². The average molecular weight is 325 g/mol. The fraction of sp³-hybridized carbons (Fsp3) is 0.111. The number of ether oxygens (including phenoxy) is 1. The van der Waals surface area contributed by atoms with Crippen molar-refractivity contribution >= 4 is 29.0 Å². The Bertz CT molecular complexity index is 739. The summed E-state index contributed by atoms with van der Waals surface area (Å²) < 4.78 is 5.71. The van der Waals surface area contributed by atoms with Gasteiger partial charge in [0.05, 0.1) is 11.5 Å². The zero-order chi connectivity index (χ0) is 16.1. The van der Waals surface area contributed by atoms with Crippen LogP contribution in [0.2, 0.25) is 0 Å². The summed E-state index contributed by atoms with van der Waals surface area (Å²) in [6, 6.07) is 17.6. The highest BCUT2D eigenvalue weighted by molar-refractivity contribution is 8.18. The molecular weight excluding hydrogens is 310 g/mol. The van der Waals surface area contributed by atoms with Gasteiger partial charge in [0.25, 0.3) is 11.1 Å². The highest BCUT2D eigenvalue weighted by atomic mass is 32.2. The minimum Gasteiger partial charge on any atom is -0.493 e. The van der Waals surface area contributed by atoms with Gasteiger partial charge >= 0.3 is 0 Å². The maximum atomic E-state index is 11.5. The number of hydrogen-bond acceptors (Lipinski definition) is 4. The summed E-state index contributed by atoms with van der Waals surface area (Å²) in [5, 5.41) is 1.90. The second-order valence-corrected chi connectivity index (χ2v) is 6.02. The van der Waals surface area contributed by atoms with E-state index >= 15 is 0 Å². The van der Waals surface area contributed by atoms with Crippen molar-refractivity contribution in [3.05, 3.63) is 70.6 Å². The van der Waals surface area contributed by atoms with Crippen molar-refractivity contribution in [2.75, 3.05) is 6.61 Å². The number of nitrogens with one attached hydrogen (secondary N) is 1. The number of carbonyl (C=O) groups excluding carboxylic acids is 2. The summed E-state index contributed by atoms with van der Waals surface area (Å²) in [6.07, 6.45) is 2.55. The topological polar surface area (TPSA) is 55.4 Å². The minimum absolute atomic E-state index is 0.331. The number of benzene rings is 2. The Hall–Kier alpha value is -2.53. The van der Waals surface area contributed by atoms with Crippen molar-refractivity contribution in [3.63, 3.8) is 0 Å². The van der Waals surface area contributed by atoms with E-state index in [2.05, 4.69) is 17.4 Å². The van der Waals surface area contributed by atoms with Gasteiger partial charge in [-0.25, -0.2) is 0 Å². The quantitative estimate of drug-likeness (QED) is 0.853. The van der Waals surface area contributed by atoms with Gasteiger partial charge in [-0.1, -0.05) is 42.5 Å². The van der Waals surface area contributed by atoms with E-state index < -0.39 is 0 Å². The molecular formula is C18H15NO3S. The van der Waals surface area contributed by atoms with Gasteiger partial charge in [-0.05, 0) is 41.1 Å². The lowest BCUT2D eigenvalue weighted by molar-refractivity contribution is -0.115. The molecule has 23 heavy (non-hydrogen) atoms. The van der Waals surface area contributed by atoms with E-state index in [1.54, 1.807) is 6.08 Å². The Morgan fingerprint density at radius 1 is 1.00 bits per heavy atom. The molecule has 3 rings (SSSR count). The molecule has 0 bridgehead atoms. The Morgan fingerprint density at radius 3 is 2.39 bits per heavy atom. The molecule has 2 amide bonds. The molecule has 0 atom stereocenters. The lowest BCUT2D eigenvalue weighted by Gasteiger charge is -2.06. The van der Waals surface area contributed by atoms with Crippen LogP contribution >= 0.6 is 11.8 Å². The Morgan fingerprint density at radius 2 is 1.74 bits per heavy atom. The number of hydrogen-bond donors (Lipinski definition) is 1. The SMILES string of the molecule is O=C1NC(=O)/C(=C\c2ccc(OCCc3ccccc3)cc2)S1. The van der Waals surface area contributed by atoms with Gasteiger partial charge < -0.3 is 4.74 Å². The number of amides is 2. The number of thioether (sulfide) groups is 1. The first kappa shape index (κ1) is 15.4. The van der Waals surface area contributed by atoms with E-state index in [1.807, 2.05) is 42.5 Å². The Balaban J connectivity index is 1.56. The molecule has 0 saturated carbocycles. The molecule has 1 aliphatic heterocycles. The molecule has 1 aliphatic rings. The predicted molar refractivity (Wildman–Crippen MR) is 91.2 cm³/mol. The first-order valence-corrected chi connectivity index (χ1v) is 8.04. The summed E-state index contributed by atoms with van der Waals surface area (Å²) in [6.45, 7) is 0.608. The number of carbonyl (C=O) groups is 2. The van der Waals surface area contributed by atoms with Crippen LogP contribution in [0.15, 0.2) is 59.5 Å². The maximum absolute atomic E-state index is 11.5. The van der Waals surface area contributed by atoms with Gasteiger partial charge in [0.2, 0.25) is 0 Å². The highest BCUT2D eigenvalue weighted by Gasteiger charge is 2.24. The monoisotopic (exact) mass is 325 g/mol. The van der Waals surface area contributed by atoms with E-state index in [1.165, 1.54) is 5.56 Å². The van der Waals surface area contributed by atoms with E-state index in [0.29, 0.717) is 11.5 Å². The first-order chi connectivity index (χ1) is 11.2. The maximum Gasteiger partial charge on any atom is 0.290 e. The fourth-order valence-corrected chi connectivity index (χ4v) is 2.85. The van der Waals surface area contributed by atoms with Crippen molar-refractivity contribution in [2.45, 2.75) is 6.42 Å². The van der Waals surface area contributed by atoms with Crippen LogP contribution < -0.4 is 10.1 Å². The van der Waals surface area contributed by atoms with Crippen LogP contribution in [-0.4, -0.2) is 17.8 Å². The molecule has 4 nitrogen and oxygen atoms in total. The predicted octanol–water partition coefficient (Wildman–Crippen LogP) is 3.63. The fourth-order valence-electron chi connectivity index (χ4n) is 2.16. The molecule has 1 fully saturated rings. The highest BCUT2D eigenvalue weighted by Crippen LogP contribution is 2.26. The Kier molecular flexibility index (Phi) is 4.78. The smallest absolute Gasteiger partial charge is 0.290 e. The van der Waals surface area contributed by atoms with Crippen molar-refractivity contribution in [1.29, 1.82) is 0 Å². The van der Waals surface area contributed by atoms with Gasteiger partial charge in [0, 0.05) is 6.42 Å². The standard InChI is InChI=1S/C18H15NO3S/c20-17-16(23-18(21)19-17)12-14-6-8-15(9-7-14)22-11-10-13-4-2-1-3-5-13/h1-9,12H,10-11H2,(H,19,20,21)/b16-12+. The average Bonchev–Trinajstić information content (AvgIpc) is 2.88. The van der Waals surface area contributed by atoms with Crippen LogP contribution in [0.3, 0.4) is 0 Å². The summed E-state index contributed by atoms with van der Waals surface area (Å²) in [5.74, 6) is 0.436. The molecule has 2 aromatic rings. The first-order valence-electron chi connectivity index (χ1n) is 7.22. The summed E-state index contributed by atoms with van der Waals surface area (Å²) in [4.78, 5) is 23.0. The van der Waals surface area contributed by atoms with Crippen molar-refractivity contribution in [2.24, 2.45) is 0 Å². The van der Waals surface area contributed by atoms with Crippen LogP contribution in [0.4, 0.5) is 4.79 Å². The molecule has 0 spiro atoms. The van der Waals surface area contributed by atoms with Gasteiger partial charge in [-0.2, -0.15) is 0 Å². The van der Waals surface area contributed by atoms with Crippen molar-refractivity contribution in [1.82, 2.24) is 5.32 Å². The van der Waals surface area contributed by atoms with Crippen LogP contribution in [0.5, 0.6) is 5.75 Å². The number of imide groups is 1. The molecule has 116 valence electrons. The Labute approximate surface area is 138 Å². The molecule has 1 N–H and O–H groups in total. The third-order valence-electron chi connectivity index (χ3n) is 3.32. The van der Waals surface area contributed by atoms with Crippen molar-refractivity contribution < 1.29 is 14.3 Å². The molecule has 2 aromatic carbocycles. The summed E-state index contributed by atoms with van der Waals surface area (Å²) >= 11 is 0.914. The van der Waals surface area contributed by atoms with Crippen LogP contribution in [0.25, 0.3) is 6.08 Å². The van der Waals surface area contributed by atoms with Gasteiger partial charge in [0.1, 0.15) is 5.75 Å². The van der Waals surface area contributed by atoms with Crippen LogP contribution in [0, 0.1) is 0 Å².